The molecule has 0 aliphatic heterocycles. The van der Waals surface area contributed by atoms with Gasteiger partial charge in [-0.25, -0.2) is 0 Å². The zero-order valence-electron chi connectivity index (χ0n) is 8.73. The molecule has 0 heterocycles. The van der Waals surface area contributed by atoms with Crippen LogP contribution in [0, 0.1) is 0 Å². The monoisotopic (exact) mass is 236 g/mol. The molecule has 0 aliphatic carbocycles. The minimum absolute atomic E-state index is 0.637. The summed E-state index contributed by atoms with van der Waals surface area (Å²) in [6.45, 7) is 5.44. The highest BCUT2D eigenvalue weighted by Gasteiger charge is 2.20. The van der Waals surface area contributed by atoms with Crippen LogP contribution in [0.3, 0.4) is 0 Å². The quantitative estimate of drug-likeness (QED) is 0.405. The van der Waals surface area contributed by atoms with Crippen molar-refractivity contribution in [3.63, 3.8) is 0 Å². The van der Waals surface area contributed by atoms with Crippen LogP contribution in [0.1, 0.15) is 13.8 Å². The number of methoxy groups -OCH3 is 1. The highest BCUT2D eigenvalue weighted by Crippen LogP contribution is 2.06. The van der Waals surface area contributed by atoms with E-state index in [9.17, 15) is 17.3 Å². The van der Waals surface area contributed by atoms with Gasteiger partial charge in [0.1, 0.15) is 17.3 Å². The maximum absolute atomic E-state index is 9.75. The van der Waals surface area contributed by atoms with Crippen LogP contribution < -0.4 is 0 Å². The Labute approximate surface area is 85.7 Å². The van der Waals surface area contributed by atoms with Crippen molar-refractivity contribution in [2.24, 2.45) is 0 Å². The van der Waals surface area contributed by atoms with Crippen molar-refractivity contribution in [3.05, 3.63) is 0 Å². The molecular formula is C7H17BF4OS. The lowest BCUT2D eigenvalue weighted by molar-refractivity contribution is 0.218. The molecule has 0 bridgehead atoms. The molecule has 1 nitrogen and oxygen atoms in total. The van der Waals surface area contributed by atoms with Crippen LogP contribution >= 0.6 is 0 Å². The predicted molar refractivity (Wildman–Crippen MR) is 55.4 cm³/mol. The third-order valence-electron chi connectivity index (χ3n) is 1.39. The summed E-state index contributed by atoms with van der Waals surface area (Å²) in [7, 11) is -3.59. The van der Waals surface area contributed by atoms with E-state index in [4.69, 9.17) is 4.74 Å². The molecule has 88 valence electrons. The van der Waals surface area contributed by atoms with Gasteiger partial charge in [-0.1, -0.05) is 0 Å². The van der Waals surface area contributed by atoms with E-state index in [2.05, 4.69) is 13.8 Å². The van der Waals surface area contributed by atoms with Gasteiger partial charge in [-0.3, -0.25) is 0 Å². The zero-order valence-corrected chi connectivity index (χ0v) is 9.55. The van der Waals surface area contributed by atoms with Crippen LogP contribution in [0.25, 0.3) is 0 Å². The normalized spacial score (nSPS) is 11.1. The molecule has 0 aromatic carbocycles. The number of halogens is 4. The Morgan fingerprint density at radius 2 is 1.43 bits per heavy atom. The second kappa shape index (κ2) is 9.64. The van der Waals surface area contributed by atoms with Crippen LogP contribution in [-0.4, -0.2) is 38.2 Å². The van der Waals surface area contributed by atoms with Crippen LogP contribution in [0.5, 0.6) is 0 Å². The Kier molecular flexibility index (Phi) is 11.4. The van der Waals surface area contributed by atoms with E-state index in [0.717, 1.165) is 6.61 Å². The van der Waals surface area contributed by atoms with Gasteiger partial charge in [0.2, 0.25) is 0 Å². The summed E-state index contributed by atoms with van der Waals surface area (Å²) in [5.41, 5.74) is 0. The first-order valence-electron chi connectivity index (χ1n) is 4.35. The summed E-state index contributed by atoms with van der Waals surface area (Å²) in [5.74, 6) is 3.89. The lowest BCUT2D eigenvalue weighted by Gasteiger charge is -2.01. The van der Waals surface area contributed by atoms with E-state index in [1.165, 1.54) is 17.3 Å². The summed E-state index contributed by atoms with van der Waals surface area (Å²) in [6, 6.07) is 0. The van der Waals surface area contributed by atoms with E-state index in [0.29, 0.717) is 10.9 Å². The van der Waals surface area contributed by atoms with Gasteiger partial charge in [0.15, 0.2) is 0 Å². The summed E-state index contributed by atoms with van der Waals surface area (Å²) in [6.07, 6.45) is 0. The summed E-state index contributed by atoms with van der Waals surface area (Å²) in [4.78, 5) is 0. The van der Waals surface area contributed by atoms with Gasteiger partial charge in [0, 0.05) is 7.11 Å². The van der Waals surface area contributed by atoms with Crippen LogP contribution in [0.15, 0.2) is 0 Å². The minimum Gasteiger partial charge on any atom is -0.418 e. The molecule has 0 unspecified atom stereocenters. The number of hydrogen-bond acceptors (Lipinski definition) is 1. The topological polar surface area (TPSA) is 9.23 Å². The average Bonchev–Trinajstić information content (AvgIpc) is 2.04. The molecule has 0 aromatic rings. The lowest BCUT2D eigenvalue weighted by atomic mass is 10.3. The first-order valence-corrected chi connectivity index (χ1v) is 6.08. The molecule has 0 atom stereocenters. The number of ether oxygens (including phenoxy) is 1. The van der Waals surface area contributed by atoms with Gasteiger partial charge in [-0.2, -0.15) is 0 Å². The van der Waals surface area contributed by atoms with Gasteiger partial charge in [-0.05, 0) is 24.7 Å². The van der Waals surface area contributed by atoms with E-state index < -0.39 is 7.25 Å². The largest absolute Gasteiger partial charge is 0.673 e. The molecule has 0 spiro atoms. The molecule has 0 aliphatic rings. The maximum atomic E-state index is 9.75. The minimum atomic E-state index is -6.00. The smallest absolute Gasteiger partial charge is 0.418 e. The fourth-order valence-electron chi connectivity index (χ4n) is 0.694. The molecule has 0 fully saturated rings. The second-order valence-electron chi connectivity index (χ2n) is 2.38. The zero-order chi connectivity index (χ0) is 11.6. The average molecular weight is 236 g/mol. The fraction of sp³-hybridized carbons (Fsp3) is 1.00. The third kappa shape index (κ3) is 22.7. The highest BCUT2D eigenvalue weighted by atomic mass is 32.2. The van der Waals surface area contributed by atoms with Crippen molar-refractivity contribution >= 4 is 18.1 Å². The standard InChI is InChI=1S/C7H17OS.BF4/c1-4-9(5-2)7-6-8-3;2-1(3,4)5/h4-7H2,1-3H3;/q+1;-1. The van der Waals surface area contributed by atoms with E-state index in [1.54, 1.807) is 7.11 Å². The SMILES string of the molecule is CC[S+](CC)CCOC.F[B-](F)(F)F. The van der Waals surface area contributed by atoms with Crippen LogP contribution in [0.4, 0.5) is 17.3 Å². The van der Waals surface area contributed by atoms with Crippen molar-refractivity contribution in [2.75, 3.05) is 31.0 Å². The maximum Gasteiger partial charge on any atom is 0.673 e. The molecule has 14 heavy (non-hydrogen) atoms. The summed E-state index contributed by atoms with van der Waals surface area (Å²) < 4.78 is 44.0. The van der Waals surface area contributed by atoms with Crippen LogP contribution in [-0.2, 0) is 15.6 Å². The fourth-order valence-corrected chi connectivity index (χ4v) is 2.08. The first kappa shape index (κ1) is 16.5. The predicted octanol–water partition coefficient (Wildman–Crippen LogP) is 2.59. The number of rotatable bonds is 5. The van der Waals surface area contributed by atoms with E-state index in [1.807, 2.05) is 0 Å². The highest BCUT2D eigenvalue weighted by molar-refractivity contribution is 7.96. The van der Waals surface area contributed by atoms with Crippen molar-refractivity contribution in [1.29, 1.82) is 0 Å². The second-order valence-corrected chi connectivity index (χ2v) is 5.17. The van der Waals surface area contributed by atoms with Crippen LogP contribution in [0.2, 0.25) is 0 Å². The Balaban J connectivity index is 0. The Morgan fingerprint density at radius 1 is 1.07 bits per heavy atom. The summed E-state index contributed by atoms with van der Waals surface area (Å²) in [5, 5.41) is 0. The van der Waals surface area contributed by atoms with E-state index in [-0.39, 0.29) is 0 Å². The van der Waals surface area contributed by atoms with Gasteiger partial charge < -0.3 is 22.0 Å². The third-order valence-corrected chi connectivity index (χ3v) is 3.77. The van der Waals surface area contributed by atoms with Crippen molar-refractivity contribution in [3.8, 4) is 0 Å². The summed E-state index contributed by atoms with van der Waals surface area (Å²) >= 11 is 0. The lowest BCUT2D eigenvalue weighted by Crippen LogP contribution is -2.16. The van der Waals surface area contributed by atoms with Crippen molar-refractivity contribution in [2.45, 2.75) is 13.8 Å². The first-order chi connectivity index (χ1) is 6.35. The Bertz CT molecular complexity index is 113. The van der Waals surface area contributed by atoms with E-state index >= 15 is 0 Å². The molecule has 0 radical (unpaired) electrons. The molecule has 0 saturated heterocycles. The van der Waals surface area contributed by atoms with Gasteiger partial charge >= 0.3 is 7.25 Å². The molecule has 7 heteroatoms. The van der Waals surface area contributed by atoms with Gasteiger partial charge in [0.05, 0.1) is 6.61 Å². The Hall–Kier alpha value is 0.0949. The molecule has 0 rings (SSSR count). The Morgan fingerprint density at radius 3 is 1.64 bits per heavy atom. The van der Waals surface area contributed by atoms with Crippen molar-refractivity contribution < 1.29 is 22.0 Å². The molecule has 0 N–H and O–H groups in total. The molecule has 0 saturated carbocycles. The van der Waals surface area contributed by atoms with Crippen molar-refractivity contribution in [1.82, 2.24) is 0 Å². The number of hydrogen-bond donors (Lipinski definition) is 0. The molecule has 0 amide bonds. The molecular weight excluding hydrogens is 219 g/mol. The van der Waals surface area contributed by atoms with Gasteiger partial charge in [-0.15, -0.1) is 0 Å². The van der Waals surface area contributed by atoms with Gasteiger partial charge in [0.25, 0.3) is 0 Å². The molecule has 0 aromatic heterocycles.